The summed E-state index contributed by atoms with van der Waals surface area (Å²) in [6.45, 7) is 1.90. The molecule has 1 aromatic rings. The highest BCUT2D eigenvalue weighted by molar-refractivity contribution is 7.99. The highest BCUT2D eigenvalue weighted by Gasteiger charge is 2.14. The summed E-state index contributed by atoms with van der Waals surface area (Å²) in [5.41, 5.74) is 5.75. The van der Waals surface area contributed by atoms with Crippen molar-refractivity contribution >= 4 is 23.4 Å². The van der Waals surface area contributed by atoms with Gasteiger partial charge in [0, 0.05) is 17.4 Å². The van der Waals surface area contributed by atoms with Gasteiger partial charge >= 0.3 is 0 Å². The summed E-state index contributed by atoms with van der Waals surface area (Å²) in [5, 5.41) is 2.59. The lowest BCUT2D eigenvalue weighted by molar-refractivity contribution is -0.119. The third kappa shape index (κ3) is 4.32. The predicted octanol–water partition coefficient (Wildman–Crippen LogP) is 2.53. The number of halogens is 2. The first kappa shape index (κ1) is 13.9. The molecular formula is C11H14F2N2OS. The fraction of sp³-hybridized carbons (Fsp3) is 0.364. The van der Waals surface area contributed by atoms with Crippen LogP contribution in [0.4, 0.5) is 14.5 Å². The molecule has 0 aliphatic heterocycles. The van der Waals surface area contributed by atoms with Crippen molar-refractivity contribution in [1.29, 1.82) is 0 Å². The van der Waals surface area contributed by atoms with Crippen molar-refractivity contribution in [3.8, 4) is 0 Å². The molecule has 1 unspecified atom stereocenters. The molecule has 1 aromatic carbocycles. The number of rotatable bonds is 5. The Balaban J connectivity index is 2.79. The Hall–Kier alpha value is -1.14. The number of benzene rings is 1. The van der Waals surface area contributed by atoms with Gasteiger partial charge in [0.15, 0.2) is 0 Å². The average molecular weight is 260 g/mol. The normalized spacial score (nSPS) is 12.5. The van der Waals surface area contributed by atoms with Crippen LogP contribution in [0.15, 0.2) is 29.2 Å². The van der Waals surface area contributed by atoms with Gasteiger partial charge < -0.3 is 11.1 Å². The minimum absolute atomic E-state index is 0.218. The number of nitrogens with one attached hydrogen (secondary N) is 1. The zero-order chi connectivity index (χ0) is 12.8. The summed E-state index contributed by atoms with van der Waals surface area (Å²) in [5.74, 6) is -3.13. The third-order valence-corrected chi connectivity index (χ3v) is 2.95. The molecule has 1 amide bonds. The summed E-state index contributed by atoms with van der Waals surface area (Å²) in [6, 6.07) is 6.45. The van der Waals surface area contributed by atoms with Gasteiger partial charge in [-0.3, -0.25) is 4.79 Å². The summed E-state index contributed by atoms with van der Waals surface area (Å²) < 4.78 is 24.6. The standard InChI is InChI=1S/C11H14F2N2OS/c1-7(6-14)10(16)15-8-4-2-3-5-9(8)17-11(12)13/h2-5,7,11H,6,14H2,1H3,(H,15,16). The van der Waals surface area contributed by atoms with Crippen molar-refractivity contribution in [3.05, 3.63) is 24.3 Å². The molecule has 0 saturated heterocycles. The minimum Gasteiger partial charge on any atom is -0.330 e. The molecule has 0 saturated carbocycles. The van der Waals surface area contributed by atoms with Gasteiger partial charge in [-0.2, -0.15) is 8.78 Å². The largest absolute Gasteiger partial charge is 0.330 e. The zero-order valence-corrected chi connectivity index (χ0v) is 10.1. The van der Waals surface area contributed by atoms with Crippen LogP contribution in [0.2, 0.25) is 0 Å². The molecule has 0 heterocycles. The van der Waals surface area contributed by atoms with Crippen molar-refractivity contribution < 1.29 is 13.6 Å². The number of nitrogens with two attached hydrogens (primary N) is 1. The molecule has 0 fully saturated rings. The van der Waals surface area contributed by atoms with Crippen LogP contribution in [-0.2, 0) is 4.79 Å². The van der Waals surface area contributed by atoms with Crippen molar-refractivity contribution in [2.24, 2.45) is 11.7 Å². The lowest BCUT2D eigenvalue weighted by Crippen LogP contribution is -2.26. The first-order valence-electron chi connectivity index (χ1n) is 5.09. The number of alkyl halides is 2. The second-order valence-electron chi connectivity index (χ2n) is 3.50. The van der Waals surface area contributed by atoms with Crippen LogP contribution in [0.1, 0.15) is 6.92 Å². The summed E-state index contributed by atoms with van der Waals surface area (Å²) in [6.07, 6.45) is 0. The van der Waals surface area contributed by atoms with Crippen molar-refractivity contribution in [2.75, 3.05) is 11.9 Å². The maximum absolute atomic E-state index is 12.3. The van der Waals surface area contributed by atoms with Gasteiger partial charge in [0.2, 0.25) is 5.91 Å². The van der Waals surface area contributed by atoms with Crippen LogP contribution in [0.5, 0.6) is 0 Å². The van der Waals surface area contributed by atoms with Gasteiger partial charge in [0.25, 0.3) is 5.76 Å². The van der Waals surface area contributed by atoms with E-state index in [0.29, 0.717) is 22.3 Å². The number of hydrogen-bond acceptors (Lipinski definition) is 3. The van der Waals surface area contributed by atoms with Crippen LogP contribution >= 0.6 is 11.8 Å². The van der Waals surface area contributed by atoms with E-state index in [-0.39, 0.29) is 18.4 Å². The molecule has 6 heteroatoms. The topological polar surface area (TPSA) is 55.1 Å². The number of carbonyl (C=O) groups is 1. The van der Waals surface area contributed by atoms with E-state index in [1.165, 1.54) is 0 Å². The molecule has 0 aliphatic rings. The van der Waals surface area contributed by atoms with Crippen molar-refractivity contribution in [1.82, 2.24) is 0 Å². The lowest BCUT2D eigenvalue weighted by Gasteiger charge is -2.13. The van der Waals surface area contributed by atoms with E-state index in [9.17, 15) is 13.6 Å². The average Bonchev–Trinajstić information content (AvgIpc) is 2.29. The van der Waals surface area contributed by atoms with Gasteiger partial charge in [0.1, 0.15) is 0 Å². The van der Waals surface area contributed by atoms with Crippen molar-refractivity contribution in [3.63, 3.8) is 0 Å². The van der Waals surface area contributed by atoms with Crippen LogP contribution < -0.4 is 11.1 Å². The van der Waals surface area contributed by atoms with Crippen LogP contribution in [0.3, 0.4) is 0 Å². The molecule has 3 N–H and O–H groups in total. The molecule has 1 rings (SSSR count). The predicted molar refractivity (Wildman–Crippen MR) is 65.2 cm³/mol. The number of thioether (sulfide) groups is 1. The van der Waals surface area contributed by atoms with Gasteiger partial charge in [-0.25, -0.2) is 0 Å². The SMILES string of the molecule is CC(CN)C(=O)Nc1ccccc1SC(F)F. The van der Waals surface area contributed by atoms with Crippen molar-refractivity contribution in [2.45, 2.75) is 17.6 Å². The van der Waals surface area contributed by atoms with E-state index >= 15 is 0 Å². The van der Waals surface area contributed by atoms with E-state index in [2.05, 4.69) is 5.32 Å². The van der Waals surface area contributed by atoms with Crippen LogP contribution in [0.25, 0.3) is 0 Å². The molecule has 0 bridgehead atoms. The molecule has 0 aliphatic carbocycles. The van der Waals surface area contributed by atoms with Gasteiger partial charge in [-0.15, -0.1) is 0 Å². The monoisotopic (exact) mass is 260 g/mol. The molecule has 0 aromatic heterocycles. The molecular weight excluding hydrogens is 246 g/mol. The van der Waals surface area contributed by atoms with Crippen LogP contribution in [0, 0.1) is 5.92 Å². The number of carbonyl (C=O) groups excluding carboxylic acids is 1. The maximum atomic E-state index is 12.3. The lowest BCUT2D eigenvalue weighted by atomic mass is 10.1. The summed E-state index contributed by atoms with van der Waals surface area (Å²) in [4.78, 5) is 11.9. The Morgan fingerprint density at radius 2 is 2.12 bits per heavy atom. The molecule has 0 radical (unpaired) electrons. The molecule has 1 atom stereocenters. The number of anilines is 1. The van der Waals surface area contributed by atoms with E-state index in [1.54, 1.807) is 31.2 Å². The second kappa shape index (κ2) is 6.56. The number of hydrogen-bond donors (Lipinski definition) is 2. The van der Waals surface area contributed by atoms with E-state index in [0.717, 1.165) is 0 Å². The Labute approximate surface area is 103 Å². The second-order valence-corrected chi connectivity index (χ2v) is 4.53. The quantitative estimate of drug-likeness (QED) is 0.800. The molecule has 0 spiro atoms. The highest BCUT2D eigenvalue weighted by atomic mass is 32.2. The number of amides is 1. The van der Waals surface area contributed by atoms with E-state index in [4.69, 9.17) is 5.73 Å². The first-order chi connectivity index (χ1) is 8.04. The molecule has 17 heavy (non-hydrogen) atoms. The Morgan fingerprint density at radius 3 is 2.71 bits per heavy atom. The smallest absolute Gasteiger partial charge is 0.288 e. The number of para-hydroxylation sites is 1. The highest BCUT2D eigenvalue weighted by Crippen LogP contribution is 2.31. The Kier molecular flexibility index (Phi) is 5.37. The van der Waals surface area contributed by atoms with Crippen LogP contribution in [-0.4, -0.2) is 18.2 Å². The van der Waals surface area contributed by atoms with E-state index < -0.39 is 5.76 Å². The van der Waals surface area contributed by atoms with Gasteiger partial charge in [-0.1, -0.05) is 30.8 Å². The Bertz CT molecular complexity index is 387. The van der Waals surface area contributed by atoms with Gasteiger partial charge in [0.05, 0.1) is 5.69 Å². The molecule has 3 nitrogen and oxygen atoms in total. The Morgan fingerprint density at radius 1 is 1.47 bits per heavy atom. The minimum atomic E-state index is -2.51. The summed E-state index contributed by atoms with van der Waals surface area (Å²) >= 11 is 0.407. The maximum Gasteiger partial charge on any atom is 0.288 e. The van der Waals surface area contributed by atoms with Gasteiger partial charge in [-0.05, 0) is 12.1 Å². The fourth-order valence-corrected chi connectivity index (χ4v) is 1.73. The summed E-state index contributed by atoms with van der Waals surface area (Å²) in [7, 11) is 0. The third-order valence-electron chi connectivity index (χ3n) is 2.16. The molecule has 94 valence electrons. The van der Waals surface area contributed by atoms with E-state index in [1.807, 2.05) is 0 Å². The first-order valence-corrected chi connectivity index (χ1v) is 5.97. The zero-order valence-electron chi connectivity index (χ0n) is 9.32. The fourth-order valence-electron chi connectivity index (χ4n) is 1.13.